The molecule has 0 bridgehead atoms. The maximum atomic E-state index is 12.1. The van der Waals surface area contributed by atoms with Crippen LogP contribution in [0.2, 0.25) is 0 Å². The first kappa shape index (κ1) is 14.0. The summed E-state index contributed by atoms with van der Waals surface area (Å²) in [6, 6.07) is 14.1. The lowest BCUT2D eigenvalue weighted by Gasteiger charge is -2.10. The van der Waals surface area contributed by atoms with E-state index in [1.165, 1.54) is 6.20 Å². The smallest absolute Gasteiger partial charge is 0.274 e. The monoisotopic (exact) mass is 295 g/mol. The lowest BCUT2D eigenvalue weighted by Crippen LogP contribution is -2.21. The van der Waals surface area contributed by atoms with Crippen molar-refractivity contribution in [3.05, 3.63) is 76.2 Å². The van der Waals surface area contributed by atoms with Crippen LogP contribution in [0.3, 0.4) is 0 Å². The molecular weight excluding hydrogens is 282 g/mol. The maximum Gasteiger partial charge on any atom is 0.274 e. The van der Waals surface area contributed by atoms with Crippen LogP contribution in [0.25, 0.3) is 11.0 Å². The van der Waals surface area contributed by atoms with Crippen LogP contribution < -0.4 is 11.0 Å². The molecule has 0 spiro atoms. The summed E-state index contributed by atoms with van der Waals surface area (Å²) in [5.41, 5.74) is 4.12. The van der Waals surface area contributed by atoms with Crippen molar-refractivity contribution in [2.24, 2.45) is 0 Å². The Morgan fingerprint density at radius 2 is 1.86 bits per heavy atom. The van der Waals surface area contributed by atoms with Crippen molar-refractivity contribution in [2.45, 2.75) is 6.54 Å². The van der Waals surface area contributed by atoms with Crippen molar-refractivity contribution < 1.29 is 10.0 Å². The number of nitrogens with zero attached hydrogens (tertiary/aromatic N) is 2. The number of carbonyl (C=O) groups is 1. The van der Waals surface area contributed by atoms with Gasteiger partial charge in [0.1, 0.15) is 0 Å². The number of para-hydroxylation sites is 2. The number of fused-ring (bicyclic) bond motifs is 1. The zero-order valence-corrected chi connectivity index (χ0v) is 11.6. The summed E-state index contributed by atoms with van der Waals surface area (Å²) in [4.78, 5) is 27.5. The zero-order valence-electron chi connectivity index (χ0n) is 11.6. The number of amides is 1. The fourth-order valence-corrected chi connectivity index (χ4v) is 2.29. The van der Waals surface area contributed by atoms with E-state index in [1.807, 2.05) is 24.3 Å². The van der Waals surface area contributed by atoms with Gasteiger partial charge in [-0.05, 0) is 29.8 Å². The third-order valence-corrected chi connectivity index (χ3v) is 3.41. The highest BCUT2D eigenvalue weighted by Crippen LogP contribution is 2.11. The minimum absolute atomic E-state index is 0.184. The second-order valence-electron chi connectivity index (χ2n) is 4.81. The Bertz CT molecular complexity index is 885. The van der Waals surface area contributed by atoms with Crippen LogP contribution in [0.1, 0.15) is 15.9 Å². The quantitative estimate of drug-likeness (QED) is 0.567. The van der Waals surface area contributed by atoms with Gasteiger partial charge in [0, 0.05) is 5.56 Å². The number of hydroxylamine groups is 1. The van der Waals surface area contributed by atoms with Crippen LogP contribution in [0.4, 0.5) is 0 Å². The van der Waals surface area contributed by atoms with E-state index < -0.39 is 5.91 Å². The van der Waals surface area contributed by atoms with Crippen LogP contribution in [-0.2, 0) is 6.54 Å². The Labute approximate surface area is 125 Å². The normalized spacial score (nSPS) is 10.6. The van der Waals surface area contributed by atoms with Gasteiger partial charge in [0.15, 0.2) is 0 Å². The van der Waals surface area contributed by atoms with E-state index in [0.29, 0.717) is 12.1 Å². The Hall–Kier alpha value is -2.99. The summed E-state index contributed by atoms with van der Waals surface area (Å²) in [5, 5.41) is 8.60. The summed E-state index contributed by atoms with van der Waals surface area (Å²) in [5.74, 6) is -0.571. The zero-order chi connectivity index (χ0) is 15.5. The molecule has 110 valence electrons. The third-order valence-electron chi connectivity index (χ3n) is 3.41. The van der Waals surface area contributed by atoms with Gasteiger partial charge in [-0.25, -0.2) is 10.5 Å². The Morgan fingerprint density at radius 1 is 1.14 bits per heavy atom. The summed E-state index contributed by atoms with van der Waals surface area (Å²) in [6.07, 6.45) is 1.30. The van der Waals surface area contributed by atoms with Gasteiger partial charge in [-0.2, -0.15) is 0 Å². The molecule has 0 unspecified atom stereocenters. The second-order valence-corrected chi connectivity index (χ2v) is 4.81. The van der Waals surface area contributed by atoms with Crippen LogP contribution in [0.5, 0.6) is 0 Å². The lowest BCUT2D eigenvalue weighted by molar-refractivity contribution is 0.0706. The molecule has 0 aliphatic rings. The molecule has 22 heavy (non-hydrogen) atoms. The molecule has 3 rings (SSSR count). The van der Waals surface area contributed by atoms with Crippen molar-refractivity contribution in [1.29, 1.82) is 0 Å². The van der Waals surface area contributed by atoms with E-state index in [0.717, 1.165) is 16.6 Å². The predicted molar refractivity (Wildman–Crippen MR) is 80.8 cm³/mol. The molecule has 1 heterocycles. The van der Waals surface area contributed by atoms with Crippen LogP contribution in [0, 0.1) is 0 Å². The van der Waals surface area contributed by atoms with E-state index in [2.05, 4.69) is 4.98 Å². The number of nitrogens with one attached hydrogen (secondary N) is 1. The fraction of sp³-hybridized carbons (Fsp3) is 0.0625. The topological polar surface area (TPSA) is 84.2 Å². The summed E-state index contributed by atoms with van der Waals surface area (Å²) in [7, 11) is 0. The molecule has 1 aromatic heterocycles. The number of rotatable bonds is 3. The highest BCUT2D eigenvalue weighted by molar-refractivity contribution is 5.93. The maximum absolute atomic E-state index is 12.1. The third kappa shape index (κ3) is 2.59. The van der Waals surface area contributed by atoms with Crippen molar-refractivity contribution in [3.63, 3.8) is 0 Å². The largest absolute Gasteiger partial charge is 0.301 e. The number of aromatic nitrogens is 2. The van der Waals surface area contributed by atoms with Gasteiger partial charge >= 0.3 is 0 Å². The number of benzene rings is 2. The Kier molecular flexibility index (Phi) is 3.67. The van der Waals surface area contributed by atoms with Crippen molar-refractivity contribution >= 4 is 16.9 Å². The minimum atomic E-state index is -0.571. The molecule has 0 saturated carbocycles. The van der Waals surface area contributed by atoms with Crippen LogP contribution in [-0.4, -0.2) is 20.7 Å². The standard InChI is InChI=1S/C16H13N3O3/c20-15-9-17-13-3-1-2-4-14(13)19(15)10-11-5-7-12(8-6-11)16(21)18-22/h1-9,22H,10H2,(H,18,21). The number of carbonyl (C=O) groups excluding carboxylic acids is 1. The second kappa shape index (κ2) is 5.79. The average Bonchev–Trinajstić information content (AvgIpc) is 2.57. The van der Waals surface area contributed by atoms with Gasteiger partial charge in [0.25, 0.3) is 11.5 Å². The number of hydrogen-bond acceptors (Lipinski definition) is 4. The summed E-state index contributed by atoms with van der Waals surface area (Å²) in [6.45, 7) is 0.378. The average molecular weight is 295 g/mol. The first-order chi connectivity index (χ1) is 10.7. The van der Waals surface area contributed by atoms with Gasteiger partial charge in [-0.3, -0.25) is 14.8 Å². The summed E-state index contributed by atoms with van der Waals surface area (Å²) < 4.78 is 1.63. The van der Waals surface area contributed by atoms with Crippen LogP contribution >= 0.6 is 0 Å². The highest BCUT2D eigenvalue weighted by Gasteiger charge is 2.06. The Balaban J connectivity index is 1.98. The van der Waals surface area contributed by atoms with Crippen LogP contribution in [0.15, 0.2) is 59.5 Å². The molecule has 1 amide bonds. The molecule has 0 fully saturated rings. The van der Waals surface area contributed by atoms with E-state index in [1.54, 1.807) is 34.3 Å². The van der Waals surface area contributed by atoms with Crippen molar-refractivity contribution in [3.8, 4) is 0 Å². The van der Waals surface area contributed by atoms with Gasteiger partial charge in [0.05, 0.1) is 23.8 Å². The van der Waals surface area contributed by atoms with Gasteiger partial charge in [-0.15, -0.1) is 0 Å². The van der Waals surface area contributed by atoms with Gasteiger partial charge in [-0.1, -0.05) is 24.3 Å². The molecule has 0 aliphatic carbocycles. The summed E-state index contributed by atoms with van der Waals surface area (Å²) >= 11 is 0. The van der Waals surface area contributed by atoms with Gasteiger partial charge in [0.2, 0.25) is 0 Å². The molecule has 6 nitrogen and oxygen atoms in total. The van der Waals surface area contributed by atoms with E-state index >= 15 is 0 Å². The molecular formula is C16H13N3O3. The molecule has 0 radical (unpaired) electrons. The molecule has 6 heteroatoms. The van der Waals surface area contributed by atoms with E-state index in [9.17, 15) is 9.59 Å². The molecule has 0 saturated heterocycles. The molecule has 2 aromatic carbocycles. The lowest BCUT2D eigenvalue weighted by atomic mass is 10.1. The predicted octanol–water partition coefficient (Wildman–Crippen LogP) is 1.56. The van der Waals surface area contributed by atoms with Gasteiger partial charge < -0.3 is 4.57 Å². The minimum Gasteiger partial charge on any atom is -0.301 e. The molecule has 2 N–H and O–H groups in total. The highest BCUT2D eigenvalue weighted by atomic mass is 16.5. The van der Waals surface area contributed by atoms with Crippen molar-refractivity contribution in [1.82, 2.24) is 15.0 Å². The molecule has 3 aromatic rings. The van der Waals surface area contributed by atoms with E-state index in [4.69, 9.17) is 5.21 Å². The first-order valence-corrected chi connectivity index (χ1v) is 6.67. The SMILES string of the molecule is O=C(NO)c1ccc(Cn2c(=O)cnc3ccccc32)cc1. The molecule has 0 atom stereocenters. The Morgan fingerprint density at radius 3 is 2.59 bits per heavy atom. The van der Waals surface area contributed by atoms with E-state index in [-0.39, 0.29) is 5.56 Å². The molecule has 0 aliphatic heterocycles. The van der Waals surface area contributed by atoms with Crippen molar-refractivity contribution in [2.75, 3.05) is 0 Å². The fourth-order valence-electron chi connectivity index (χ4n) is 2.29. The first-order valence-electron chi connectivity index (χ1n) is 6.67. The number of hydrogen-bond donors (Lipinski definition) is 2.